The molecule has 0 aliphatic carbocycles. The van der Waals surface area contributed by atoms with Crippen LogP contribution in [0.15, 0.2) is 58.1 Å². The Bertz CT molecular complexity index is 743. The number of carbonyl (C=O) groups excluding carboxylic acids is 1. The van der Waals surface area contributed by atoms with E-state index in [0.29, 0.717) is 13.0 Å². The zero-order chi connectivity index (χ0) is 19.6. The van der Waals surface area contributed by atoms with Crippen molar-refractivity contribution in [2.24, 2.45) is 4.99 Å². The van der Waals surface area contributed by atoms with E-state index >= 15 is 0 Å². The van der Waals surface area contributed by atoms with Gasteiger partial charge < -0.3 is 20.0 Å². The van der Waals surface area contributed by atoms with Gasteiger partial charge in [0.2, 0.25) is 5.91 Å². The standard InChI is InChI=1S/C22H30N4O2/c1-18(19-8-3-2-4-9-19)25-22(24-14-12-20-10-6-17-28-20)23-13-7-16-26-15-5-11-21(26)27/h2-4,6,8-10,17-18H,5,7,11-16H2,1H3,(H2,23,24,25). The van der Waals surface area contributed by atoms with Crippen molar-refractivity contribution >= 4 is 11.9 Å². The van der Waals surface area contributed by atoms with Gasteiger partial charge in [0.25, 0.3) is 0 Å². The Balaban J connectivity index is 1.52. The molecule has 1 aliphatic heterocycles. The summed E-state index contributed by atoms with van der Waals surface area (Å²) in [6.45, 7) is 5.23. The van der Waals surface area contributed by atoms with E-state index in [4.69, 9.17) is 9.41 Å². The Kier molecular flexibility index (Phi) is 7.53. The molecule has 0 radical (unpaired) electrons. The zero-order valence-corrected chi connectivity index (χ0v) is 16.6. The van der Waals surface area contributed by atoms with E-state index in [1.54, 1.807) is 6.26 Å². The van der Waals surface area contributed by atoms with E-state index in [2.05, 4.69) is 29.7 Å². The zero-order valence-electron chi connectivity index (χ0n) is 16.6. The molecule has 28 heavy (non-hydrogen) atoms. The maximum absolute atomic E-state index is 11.7. The number of hydrogen-bond donors (Lipinski definition) is 2. The van der Waals surface area contributed by atoms with Crippen LogP contribution < -0.4 is 10.6 Å². The van der Waals surface area contributed by atoms with Crippen LogP contribution in [0.5, 0.6) is 0 Å². The van der Waals surface area contributed by atoms with Crippen LogP contribution >= 0.6 is 0 Å². The van der Waals surface area contributed by atoms with Gasteiger partial charge in [0.15, 0.2) is 5.96 Å². The molecule has 150 valence electrons. The first-order valence-electron chi connectivity index (χ1n) is 10.1. The minimum atomic E-state index is 0.149. The molecule has 0 saturated carbocycles. The average molecular weight is 383 g/mol. The Morgan fingerprint density at radius 2 is 2.11 bits per heavy atom. The van der Waals surface area contributed by atoms with Crippen molar-refractivity contribution < 1.29 is 9.21 Å². The third kappa shape index (κ3) is 6.15. The van der Waals surface area contributed by atoms with Crippen molar-refractivity contribution in [1.82, 2.24) is 15.5 Å². The summed E-state index contributed by atoms with van der Waals surface area (Å²) >= 11 is 0. The molecule has 0 bridgehead atoms. The summed E-state index contributed by atoms with van der Waals surface area (Å²) in [7, 11) is 0. The molecular formula is C22H30N4O2. The molecule has 2 N–H and O–H groups in total. The lowest BCUT2D eigenvalue weighted by atomic mass is 10.1. The number of nitrogens with one attached hydrogen (secondary N) is 2. The highest BCUT2D eigenvalue weighted by Gasteiger charge is 2.18. The van der Waals surface area contributed by atoms with Crippen molar-refractivity contribution in [3.05, 3.63) is 60.1 Å². The van der Waals surface area contributed by atoms with Gasteiger partial charge in [-0.25, -0.2) is 0 Å². The fraction of sp³-hybridized carbons (Fsp3) is 0.455. The number of nitrogens with zero attached hydrogens (tertiary/aromatic N) is 2. The molecule has 1 aromatic heterocycles. The van der Waals surface area contributed by atoms with Crippen LogP contribution in [0.1, 0.15) is 43.6 Å². The molecule has 1 fully saturated rings. The van der Waals surface area contributed by atoms with Gasteiger partial charge in [-0.2, -0.15) is 0 Å². The van der Waals surface area contributed by atoms with Crippen LogP contribution in [0.4, 0.5) is 0 Å². The maximum atomic E-state index is 11.7. The van der Waals surface area contributed by atoms with Crippen molar-refractivity contribution in [2.75, 3.05) is 26.2 Å². The highest BCUT2D eigenvalue weighted by Crippen LogP contribution is 2.11. The maximum Gasteiger partial charge on any atom is 0.222 e. The molecule has 1 amide bonds. The van der Waals surface area contributed by atoms with Gasteiger partial charge in [0.1, 0.15) is 5.76 Å². The van der Waals surface area contributed by atoms with E-state index in [1.807, 2.05) is 35.2 Å². The number of rotatable bonds is 9. The van der Waals surface area contributed by atoms with E-state index in [1.165, 1.54) is 5.56 Å². The largest absolute Gasteiger partial charge is 0.469 e. The first-order valence-corrected chi connectivity index (χ1v) is 10.1. The fourth-order valence-electron chi connectivity index (χ4n) is 3.33. The summed E-state index contributed by atoms with van der Waals surface area (Å²) in [6, 6.07) is 14.4. The fourth-order valence-corrected chi connectivity index (χ4v) is 3.33. The van der Waals surface area contributed by atoms with Crippen LogP contribution in [0.25, 0.3) is 0 Å². The molecule has 2 aromatic rings. The summed E-state index contributed by atoms with van der Waals surface area (Å²) < 4.78 is 5.39. The van der Waals surface area contributed by atoms with Gasteiger partial charge in [-0.15, -0.1) is 0 Å². The highest BCUT2D eigenvalue weighted by molar-refractivity contribution is 5.80. The Hall–Kier alpha value is -2.76. The summed E-state index contributed by atoms with van der Waals surface area (Å²) in [5.41, 5.74) is 1.21. The van der Waals surface area contributed by atoms with E-state index in [-0.39, 0.29) is 11.9 Å². The molecule has 0 spiro atoms. The second kappa shape index (κ2) is 10.5. The molecule has 6 heteroatoms. The summed E-state index contributed by atoms with van der Waals surface area (Å²) in [5.74, 6) is 2.02. The molecule has 1 atom stereocenters. The number of guanidine groups is 1. The smallest absolute Gasteiger partial charge is 0.222 e. The van der Waals surface area contributed by atoms with Gasteiger partial charge in [-0.1, -0.05) is 30.3 Å². The van der Waals surface area contributed by atoms with E-state index in [9.17, 15) is 4.79 Å². The number of likely N-dealkylation sites (tertiary alicyclic amines) is 1. The molecule has 2 heterocycles. The highest BCUT2D eigenvalue weighted by atomic mass is 16.3. The minimum Gasteiger partial charge on any atom is -0.469 e. The SMILES string of the molecule is CC(NC(=NCCCN1CCCC1=O)NCCc1ccco1)c1ccccc1. The van der Waals surface area contributed by atoms with Crippen molar-refractivity contribution in [1.29, 1.82) is 0 Å². The van der Waals surface area contributed by atoms with Crippen molar-refractivity contribution in [2.45, 2.75) is 38.6 Å². The third-order valence-corrected chi connectivity index (χ3v) is 4.92. The molecule has 1 unspecified atom stereocenters. The second-order valence-electron chi connectivity index (χ2n) is 7.10. The number of hydrogen-bond acceptors (Lipinski definition) is 3. The van der Waals surface area contributed by atoms with Crippen LogP contribution in [0.3, 0.4) is 0 Å². The summed E-state index contributed by atoms with van der Waals surface area (Å²) in [4.78, 5) is 18.4. The lowest BCUT2D eigenvalue weighted by molar-refractivity contribution is -0.127. The number of amides is 1. The first kappa shape index (κ1) is 20.0. The number of aliphatic imine (C=N–C) groups is 1. The van der Waals surface area contributed by atoms with Crippen LogP contribution in [0, 0.1) is 0 Å². The van der Waals surface area contributed by atoms with Gasteiger partial charge in [0.05, 0.1) is 12.3 Å². The van der Waals surface area contributed by atoms with Gasteiger partial charge >= 0.3 is 0 Å². The van der Waals surface area contributed by atoms with Gasteiger partial charge in [-0.3, -0.25) is 9.79 Å². The Morgan fingerprint density at radius 3 is 2.82 bits per heavy atom. The lowest BCUT2D eigenvalue weighted by Crippen LogP contribution is -2.40. The van der Waals surface area contributed by atoms with E-state index in [0.717, 1.165) is 50.6 Å². The number of furan rings is 1. The number of carbonyl (C=O) groups is 1. The molecule has 1 saturated heterocycles. The monoisotopic (exact) mass is 382 g/mol. The number of benzene rings is 1. The second-order valence-corrected chi connectivity index (χ2v) is 7.10. The first-order chi connectivity index (χ1) is 13.7. The molecule has 1 aliphatic rings. The normalized spacial score (nSPS) is 15.7. The van der Waals surface area contributed by atoms with Gasteiger partial charge in [-0.05, 0) is 37.5 Å². The van der Waals surface area contributed by atoms with Crippen LogP contribution in [-0.4, -0.2) is 42.9 Å². The third-order valence-electron chi connectivity index (χ3n) is 4.92. The van der Waals surface area contributed by atoms with Gasteiger partial charge in [0, 0.05) is 39.0 Å². The lowest BCUT2D eigenvalue weighted by Gasteiger charge is -2.19. The summed E-state index contributed by atoms with van der Waals surface area (Å²) in [6.07, 6.45) is 5.04. The molecule has 1 aromatic carbocycles. The Morgan fingerprint density at radius 1 is 1.25 bits per heavy atom. The predicted molar refractivity (Wildman–Crippen MR) is 111 cm³/mol. The van der Waals surface area contributed by atoms with Crippen LogP contribution in [-0.2, 0) is 11.2 Å². The topological polar surface area (TPSA) is 69.9 Å². The minimum absolute atomic E-state index is 0.149. The van der Waals surface area contributed by atoms with Crippen molar-refractivity contribution in [3.63, 3.8) is 0 Å². The average Bonchev–Trinajstić information content (AvgIpc) is 3.37. The predicted octanol–water partition coefficient (Wildman–Crippen LogP) is 3.13. The van der Waals surface area contributed by atoms with Crippen molar-refractivity contribution in [3.8, 4) is 0 Å². The molecular weight excluding hydrogens is 352 g/mol. The quantitative estimate of drug-likeness (QED) is 0.397. The molecule has 6 nitrogen and oxygen atoms in total. The Labute approximate surface area is 167 Å². The van der Waals surface area contributed by atoms with E-state index < -0.39 is 0 Å². The van der Waals surface area contributed by atoms with Crippen LogP contribution in [0.2, 0.25) is 0 Å². The molecule has 3 rings (SSSR count). The summed E-state index contributed by atoms with van der Waals surface area (Å²) in [5, 5.41) is 6.87.